The average molecular weight is 182 g/mol. The van der Waals surface area contributed by atoms with E-state index < -0.39 is 0 Å². The third kappa shape index (κ3) is 1.43. The molecule has 1 saturated carbocycles. The van der Waals surface area contributed by atoms with Crippen molar-refractivity contribution in [3.05, 3.63) is 17.4 Å². The Morgan fingerprint density at radius 2 is 2.31 bits per heavy atom. The Kier molecular flexibility index (Phi) is 1.83. The summed E-state index contributed by atoms with van der Waals surface area (Å²) in [7, 11) is 1.50. The highest BCUT2D eigenvalue weighted by Gasteiger charge is 2.28. The van der Waals surface area contributed by atoms with E-state index in [-0.39, 0.29) is 11.6 Å². The van der Waals surface area contributed by atoms with Crippen molar-refractivity contribution in [3.8, 4) is 5.88 Å². The summed E-state index contributed by atoms with van der Waals surface area (Å²) in [5.74, 6) is 0.254. The molecule has 2 rings (SSSR count). The van der Waals surface area contributed by atoms with Gasteiger partial charge in [0.2, 0.25) is 5.88 Å². The van der Waals surface area contributed by atoms with Gasteiger partial charge < -0.3 is 10.5 Å². The molecule has 4 heteroatoms. The van der Waals surface area contributed by atoms with E-state index in [2.05, 4.69) is 4.98 Å². The first-order valence-corrected chi connectivity index (χ1v) is 4.22. The zero-order valence-electron chi connectivity index (χ0n) is 7.38. The van der Waals surface area contributed by atoms with Gasteiger partial charge in [0.05, 0.1) is 7.11 Å². The van der Waals surface area contributed by atoms with Crippen LogP contribution in [-0.4, -0.2) is 12.1 Å². The first-order valence-electron chi connectivity index (χ1n) is 4.22. The lowest BCUT2D eigenvalue weighted by molar-refractivity contribution is 0.396. The molecule has 0 amide bonds. The smallest absolute Gasteiger partial charge is 0.215 e. The van der Waals surface area contributed by atoms with E-state index >= 15 is 0 Å². The first-order chi connectivity index (χ1) is 6.22. The highest BCUT2D eigenvalue weighted by atomic mass is 19.1. The van der Waals surface area contributed by atoms with E-state index in [0.29, 0.717) is 17.4 Å². The van der Waals surface area contributed by atoms with Gasteiger partial charge in [-0.05, 0) is 18.8 Å². The number of nitrogens with two attached hydrogens (primary N) is 1. The van der Waals surface area contributed by atoms with Crippen LogP contribution in [0.15, 0.2) is 6.07 Å². The lowest BCUT2D eigenvalue weighted by Gasteiger charge is -2.06. The van der Waals surface area contributed by atoms with Crippen LogP contribution >= 0.6 is 0 Å². The summed E-state index contributed by atoms with van der Waals surface area (Å²) in [5.41, 5.74) is 6.04. The maximum atomic E-state index is 13.4. The molecule has 2 N–H and O–H groups in total. The molecule has 1 aromatic rings. The van der Waals surface area contributed by atoms with Crippen LogP contribution in [0.3, 0.4) is 0 Å². The molecule has 70 valence electrons. The molecular weight excluding hydrogens is 171 g/mol. The fourth-order valence-corrected chi connectivity index (χ4v) is 1.34. The van der Waals surface area contributed by atoms with Crippen molar-refractivity contribution < 1.29 is 9.13 Å². The quantitative estimate of drug-likeness (QED) is 0.757. The van der Waals surface area contributed by atoms with E-state index in [1.807, 2.05) is 0 Å². The second-order valence-corrected chi connectivity index (χ2v) is 3.23. The first kappa shape index (κ1) is 8.29. The summed E-state index contributed by atoms with van der Waals surface area (Å²) >= 11 is 0. The molecule has 0 radical (unpaired) electrons. The molecule has 13 heavy (non-hydrogen) atoms. The molecule has 0 atom stereocenters. The van der Waals surface area contributed by atoms with Crippen molar-refractivity contribution in [2.75, 3.05) is 12.8 Å². The molecule has 1 heterocycles. The van der Waals surface area contributed by atoms with E-state index in [1.165, 1.54) is 7.11 Å². The normalized spacial score (nSPS) is 15.8. The number of anilines is 1. The minimum Gasteiger partial charge on any atom is -0.481 e. The molecule has 0 bridgehead atoms. The van der Waals surface area contributed by atoms with Crippen LogP contribution in [-0.2, 0) is 0 Å². The highest BCUT2D eigenvalue weighted by molar-refractivity contribution is 5.42. The lowest BCUT2D eigenvalue weighted by Crippen LogP contribution is -2.01. The fourth-order valence-electron chi connectivity index (χ4n) is 1.34. The van der Waals surface area contributed by atoms with Crippen molar-refractivity contribution in [1.82, 2.24) is 4.98 Å². The molecular formula is C9H11FN2O. The number of ether oxygens (including phenoxy) is 1. The van der Waals surface area contributed by atoms with Crippen LogP contribution in [0, 0.1) is 5.82 Å². The summed E-state index contributed by atoms with van der Waals surface area (Å²) < 4.78 is 18.3. The Labute approximate surface area is 75.7 Å². The molecule has 1 fully saturated rings. The average Bonchev–Trinajstić information content (AvgIpc) is 2.92. The van der Waals surface area contributed by atoms with E-state index in [4.69, 9.17) is 10.5 Å². The third-order valence-corrected chi connectivity index (χ3v) is 2.21. The Morgan fingerprint density at radius 1 is 1.62 bits per heavy atom. The highest BCUT2D eigenvalue weighted by Crippen LogP contribution is 2.42. The SMILES string of the molecule is COc1cc(C2CC2)c(F)c(N)n1. The van der Waals surface area contributed by atoms with Crippen LogP contribution in [0.2, 0.25) is 0 Å². The second kappa shape index (κ2) is 2.87. The van der Waals surface area contributed by atoms with Crippen molar-refractivity contribution in [2.24, 2.45) is 0 Å². The molecule has 0 spiro atoms. The number of nitrogens with zero attached hydrogens (tertiary/aromatic N) is 1. The lowest BCUT2D eigenvalue weighted by atomic mass is 10.1. The van der Waals surface area contributed by atoms with E-state index in [9.17, 15) is 4.39 Å². The molecule has 1 aliphatic rings. The van der Waals surface area contributed by atoms with Gasteiger partial charge in [-0.25, -0.2) is 4.39 Å². The van der Waals surface area contributed by atoms with Gasteiger partial charge in [0.25, 0.3) is 0 Å². The Hall–Kier alpha value is -1.32. The summed E-state index contributed by atoms with van der Waals surface area (Å²) in [5, 5.41) is 0. The molecule has 1 aromatic heterocycles. The molecule has 0 aromatic carbocycles. The molecule has 0 aliphatic heterocycles. The minimum atomic E-state index is -0.386. The van der Waals surface area contributed by atoms with Gasteiger partial charge in [-0.3, -0.25) is 0 Å². The van der Waals surface area contributed by atoms with Gasteiger partial charge in [0, 0.05) is 11.6 Å². The van der Waals surface area contributed by atoms with E-state index in [0.717, 1.165) is 12.8 Å². The summed E-state index contributed by atoms with van der Waals surface area (Å²) in [6.07, 6.45) is 2.06. The number of methoxy groups -OCH3 is 1. The maximum Gasteiger partial charge on any atom is 0.215 e. The fraction of sp³-hybridized carbons (Fsp3) is 0.444. The molecule has 0 saturated heterocycles. The van der Waals surface area contributed by atoms with E-state index in [1.54, 1.807) is 6.07 Å². The summed E-state index contributed by atoms with van der Waals surface area (Å²) in [4.78, 5) is 3.74. The van der Waals surface area contributed by atoms with Crippen molar-refractivity contribution in [2.45, 2.75) is 18.8 Å². The number of hydrogen-bond donors (Lipinski definition) is 1. The Balaban J connectivity index is 2.46. The van der Waals surface area contributed by atoms with Gasteiger partial charge in [0.15, 0.2) is 11.6 Å². The zero-order valence-corrected chi connectivity index (χ0v) is 7.38. The molecule has 0 unspecified atom stereocenters. The number of halogens is 1. The number of nitrogen functional groups attached to an aromatic ring is 1. The minimum absolute atomic E-state index is 0.0683. The van der Waals surface area contributed by atoms with Crippen LogP contribution in [0.5, 0.6) is 5.88 Å². The van der Waals surface area contributed by atoms with Gasteiger partial charge in [0.1, 0.15) is 0 Å². The largest absolute Gasteiger partial charge is 0.481 e. The molecule has 1 aliphatic carbocycles. The predicted molar refractivity (Wildman–Crippen MR) is 47.1 cm³/mol. The van der Waals surface area contributed by atoms with Gasteiger partial charge in [-0.15, -0.1) is 0 Å². The zero-order chi connectivity index (χ0) is 9.42. The van der Waals surface area contributed by atoms with Gasteiger partial charge in [-0.1, -0.05) is 0 Å². The van der Waals surface area contributed by atoms with Gasteiger partial charge >= 0.3 is 0 Å². The summed E-state index contributed by atoms with van der Waals surface area (Å²) in [6, 6.07) is 1.63. The van der Waals surface area contributed by atoms with Crippen molar-refractivity contribution >= 4 is 5.82 Å². The number of pyridine rings is 1. The number of rotatable bonds is 2. The predicted octanol–water partition coefficient (Wildman–Crippen LogP) is 1.69. The maximum absolute atomic E-state index is 13.4. The summed E-state index contributed by atoms with van der Waals surface area (Å²) in [6.45, 7) is 0. The van der Waals surface area contributed by atoms with Crippen LogP contribution < -0.4 is 10.5 Å². The van der Waals surface area contributed by atoms with Crippen molar-refractivity contribution in [1.29, 1.82) is 0 Å². The van der Waals surface area contributed by atoms with Crippen LogP contribution in [0.1, 0.15) is 24.3 Å². The Morgan fingerprint density at radius 3 is 2.85 bits per heavy atom. The topological polar surface area (TPSA) is 48.1 Å². The number of aromatic nitrogens is 1. The Bertz CT molecular complexity index is 337. The number of hydrogen-bond acceptors (Lipinski definition) is 3. The van der Waals surface area contributed by atoms with Gasteiger partial charge in [-0.2, -0.15) is 4.98 Å². The third-order valence-electron chi connectivity index (χ3n) is 2.21. The molecule has 3 nitrogen and oxygen atoms in total. The van der Waals surface area contributed by atoms with Crippen LogP contribution in [0.25, 0.3) is 0 Å². The monoisotopic (exact) mass is 182 g/mol. The standard InChI is InChI=1S/C9H11FN2O/c1-13-7-4-6(5-2-3-5)8(10)9(11)12-7/h4-5H,2-3H2,1H3,(H2,11,12). The van der Waals surface area contributed by atoms with Crippen LogP contribution in [0.4, 0.5) is 10.2 Å². The van der Waals surface area contributed by atoms with Crippen molar-refractivity contribution in [3.63, 3.8) is 0 Å². The second-order valence-electron chi connectivity index (χ2n) is 3.23.